The Bertz CT molecular complexity index is 1120. The van der Waals surface area contributed by atoms with Crippen LogP contribution in [0.5, 0.6) is 5.75 Å². The van der Waals surface area contributed by atoms with Crippen LogP contribution in [0, 0.1) is 10.2 Å². The van der Waals surface area contributed by atoms with Crippen LogP contribution in [-0.4, -0.2) is 47.9 Å². The minimum atomic E-state index is -4.69. The van der Waals surface area contributed by atoms with Gasteiger partial charge >= 0.3 is 0 Å². The molecule has 1 aliphatic heterocycles. The Labute approximate surface area is 191 Å². The number of halogens is 2. The smallest absolute Gasteiger partial charge is 0.200 e. The summed E-state index contributed by atoms with van der Waals surface area (Å²) >= 11 is 5.94. The van der Waals surface area contributed by atoms with E-state index in [2.05, 4.69) is 11.9 Å². The highest BCUT2D eigenvalue weighted by molar-refractivity contribution is 6.30. The van der Waals surface area contributed by atoms with Crippen LogP contribution in [0.2, 0.25) is 5.02 Å². The number of rotatable bonds is 3. The zero-order valence-corrected chi connectivity index (χ0v) is 18.7. The summed E-state index contributed by atoms with van der Waals surface area (Å²) in [6.07, 6.45) is 1.48. The van der Waals surface area contributed by atoms with Gasteiger partial charge in [0, 0.05) is 18.1 Å². The lowest BCUT2D eigenvalue weighted by Crippen LogP contribution is -3.13. The molecule has 0 amide bonds. The predicted molar refractivity (Wildman–Crippen MR) is 109 cm³/mol. The van der Waals surface area contributed by atoms with E-state index >= 15 is 0 Å². The van der Waals surface area contributed by atoms with E-state index in [1.54, 1.807) is 36.4 Å². The van der Waals surface area contributed by atoms with Crippen molar-refractivity contribution in [3.05, 3.63) is 63.5 Å². The third kappa shape index (κ3) is 6.41. The van der Waals surface area contributed by atoms with Crippen LogP contribution in [0.3, 0.4) is 0 Å². The van der Waals surface area contributed by atoms with Crippen molar-refractivity contribution in [3.8, 4) is 16.9 Å². The molecular weight excluding hydrogens is 463 g/mol. The van der Waals surface area contributed by atoms with E-state index < -0.39 is 10.2 Å². The molecule has 4 rings (SSSR count). The van der Waals surface area contributed by atoms with Gasteiger partial charge < -0.3 is 14.4 Å². The van der Waals surface area contributed by atoms with Gasteiger partial charge in [-0.05, 0) is 36.9 Å². The molecule has 0 aliphatic carbocycles. The molecule has 2 aromatic carbocycles. The minimum Gasteiger partial charge on any atom is -0.507 e. The van der Waals surface area contributed by atoms with Gasteiger partial charge in [-0.1, -0.05) is 23.7 Å². The highest BCUT2D eigenvalue weighted by Crippen LogP contribution is 2.28. The van der Waals surface area contributed by atoms with Gasteiger partial charge in [0.1, 0.15) is 24.1 Å². The number of nitrogens with one attached hydrogen (secondary N) is 1. The summed E-state index contributed by atoms with van der Waals surface area (Å²) < 4.78 is 38.6. The molecule has 2 heterocycles. The number of quaternary nitrogens is 1. The van der Waals surface area contributed by atoms with Crippen LogP contribution in [0.25, 0.3) is 22.1 Å². The van der Waals surface area contributed by atoms with Crippen LogP contribution in [-0.2, 0) is 6.54 Å². The number of nitrogens with zero attached hydrogens (tertiary/aromatic N) is 1. The molecule has 0 radical (unpaired) electrons. The first kappa shape index (κ1) is 24.4. The molecule has 11 heteroatoms. The van der Waals surface area contributed by atoms with Crippen molar-refractivity contribution in [3.63, 3.8) is 0 Å². The number of piperazine rings is 1. The SMILES string of the molecule is CN1CC[NH+](Cc2c(O)ccc3c(=O)c(-c4ccc(Cl)cc4)coc23)CC1.[O-][Cl+3]([O-])([O-])O. The van der Waals surface area contributed by atoms with Crippen LogP contribution < -0.4 is 24.3 Å². The summed E-state index contributed by atoms with van der Waals surface area (Å²) in [5.41, 5.74) is 2.32. The van der Waals surface area contributed by atoms with Crippen molar-refractivity contribution < 1.29 is 43.3 Å². The summed E-state index contributed by atoms with van der Waals surface area (Å²) in [4.78, 5) is 16.7. The maximum atomic E-state index is 13.0. The molecule has 3 N–H and O–H groups in total. The fraction of sp³-hybridized carbons (Fsp3) is 0.286. The number of aromatic hydroxyl groups is 1. The van der Waals surface area contributed by atoms with Crippen LogP contribution in [0.4, 0.5) is 0 Å². The Balaban J connectivity index is 0.000000523. The molecule has 172 valence electrons. The fourth-order valence-corrected chi connectivity index (χ4v) is 3.73. The first-order chi connectivity index (χ1) is 15.0. The summed E-state index contributed by atoms with van der Waals surface area (Å²) in [5, 5.41) is 11.5. The zero-order chi connectivity index (χ0) is 23.5. The van der Waals surface area contributed by atoms with E-state index in [-0.39, 0.29) is 11.2 Å². The van der Waals surface area contributed by atoms with Gasteiger partial charge in [-0.15, -0.1) is 0 Å². The van der Waals surface area contributed by atoms with E-state index in [4.69, 9.17) is 34.7 Å². The Morgan fingerprint density at radius 2 is 1.72 bits per heavy atom. The quantitative estimate of drug-likeness (QED) is 0.386. The number of likely N-dealkylation sites (N-methyl/N-ethyl adjacent to an activating group) is 1. The Hall–Kier alpha value is -2.21. The highest BCUT2D eigenvalue weighted by Gasteiger charge is 2.22. The molecule has 3 aromatic rings. The summed E-state index contributed by atoms with van der Waals surface area (Å²) in [7, 11) is -2.58. The molecule has 1 saturated heterocycles. The van der Waals surface area contributed by atoms with Gasteiger partial charge in [0.25, 0.3) is 0 Å². The first-order valence-electron chi connectivity index (χ1n) is 9.70. The van der Waals surface area contributed by atoms with Gasteiger partial charge in [0.15, 0.2) is 0 Å². The van der Waals surface area contributed by atoms with Crippen molar-refractivity contribution in [1.82, 2.24) is 4.90 Å². The summed E-state index contributed by atoms with van der Waals surface area (Å²) in [6, 6.07) is 10.3. The Morgan fingerprint density at radius 1 is 1.12 bits per heavy atom. The third-order valence-electron chi connectivity index (χ3n) is 5.30. The van der Waals surface area contributed by atoms with Crippen LogP contribution in [0.1, 0.15) is 5.56 Å². The van der Waals surface area contributed by atoms with Crippen LogP contribution in [0.15, 0.2) is 51.9 Å². The van der Waals surface area contributed by atoms with Crippen molar-refractivity contribution in [2.45, 2.75) is 6.54 Å². The molecular formula is C21H23Cl2N2O7+. The van der Waals surface area contributed by atoms with Crippen molar-refractivity contribution in [2.24, 2.45) is 0 Å². The van der Waals surface area contributed by atoms with Crippen molar-refractivity contribution >= 4 is 22.6 Å². The molecule has 9 nitrogen and oxygen atoms in total. The molecule has 0 saturated carbocycles. The topological polar surface area (TPSA) is 148 Å². The summed E-state index contributed by atoms with van der Waals surface area (Å²) in [5.74, 6) is 0.177. The number of hydrogen-bond donors (Lipinski definition) is 3. The van der Waals surface area contributed by atoms with Gasteiger partial charge in [-0.3, -0.25) is 9.69 Å². The van der Waals surface area contributed by atoms with Gasteiger partial charge in [-0.25, -0.2) is 0 Å². The predicted octanol–water partition coefficient (Wildman–Crippen LogP) is -1.97. The second-order valence-electron chi connectivity index (χ2n) is 7.55. The maximum absolute atomic E-state index is 13.0. The molecule has 1 aliphatic rings. The maximum Gasteiger partial charge on any atom is 0.200 e. The normalized spacial score (nSPS) is 15.4. The molecule has 32 heavy (non-hydrogen) atoms. The average molecular weight is 486 g/mol. The second-order valence-corrected chi connectivity index (χ2v) is 8.78. The number of benzene rings is 2. The van der Waals surface area contributed by atoms with Crippen molar-refractivity contribution in [1.29, 1.82) is 0 Å². The lowest BCUT2D eigenvalue weighted by atomic mass is 10.0. The highest BCUT2D eigenvalue weighted by atomic mass is 35.7. The standard InChI is InChI=1S/C21H21ClN2O3.ClHO4/c1-23-8-10-24(11-9-23)12-17-19(25)7-6-16-20(26)18(13-27-21(16)17)14-2-4-15(22)5-3-14;2-1(3,4)5/h2-7,13,25H,8-12H2,1H3;(H,2,3,4,5)/p+1. The minimum absolute atomic E-state index is 0.104. The number of hydrogen-bond acceptors (Lipinski definition) is 8. The van der Waals surface area contributed by atoms with Crippen LogP contribution >= 0.6 is 11.6 Å². The third-order valence-corrected chi connectivity index (χ3v) is 5.55. The van der Waals surface area contributed by atoms with Gasteiger partial charge in [-0.2, -0.15) is 14.0 Å². The Kier molecular flexibility index (Phi) is 7.75. The molecule has 1 fully saturated rings. The molecule has 0 unspecified atom stereocenters. The van der Waals surface area contributed by atoms with E-state index in [1.807, 2.05) is 0 Å². The van der Waals surface area contributed by atoms with Gasteiger partial charge in [0.2, 0.25) is 5.43 Å². The van der Waals surface area contributed by atoms with E-state index in [1.165, 1.54) is 11.2 Å². The zero-order valence-electron chi connectivity index (χ0n) is 17.2. The molecule has 0 atom stereocenters. The van der Waals surface area contributed by atoms with Gasteiger partial charge in [0.05, 0.1) is 44.5 Å². The number of fused-ring (bicyclic) bond motifs is 1. The lowest BCUT2D eigenvalue weighted by Gasteiger charge is -2.29. The molecule has 0 bridgehead atoms. The van der Waals surface area contributed by atoms with E-state index in [0.29, 0.717) is 33.7 Å². The van der Waals surface area contributed by atoms with E-state index in [0.717, 1.165) is 31.7 Å². The number of phenols is 1. The second kappa shape index (κ2) is 10.2. The summed E-state index contributed by atoms with van der Waals surface area (Å²) in [6.45, 7) is 4.68. The average Bonchev–Trinajstić information content (AvgIpc) is 2.71. The lowest BCUT2D eigenvalue weighted by molar-refractivity contribution is -1.92. The fourth-order valence-electron chi connectivity index (χ4n) is 3.61. The Morgan fingerprint density at radius 3 is 2.31 bits per heavy atom. The molecule has 0 spiro atoms. The number of phenolic OH excluding ortho intramolecular Hbond substituents is 1. The monoisotopic (exact) mass is 485 g/mol. The van der Waals surface area contributed by atoms with Crippen molar-refractivity contribution in [2.75, 3.05) is 33.2 Å². The van der Waals surface area contributed by atoms with E-state index in [9.17, 15) is 9.90 Å². The largest absolute Gasteiger partial charge is 0.507 e. The molecule has 1 aromatic heterocycles. The first-order valence-corrected chi connectivity index (χ1v) is 11.3.